The molecule has 0 saturated carbocycles. The van der Waals surface area contributed by atoms with Crippen molar-refractivity contribution in [2.24, 2.45) is 0 Å². The normalized spacial score (nSPS) is 18.0. The molecule has 1 N–H and O–H groups in total. The minimum atomic E-state index is -0.423. The summed E-state index contributed by atoms with van der Waals surface area (Å²) in [6, 6.07) is 7.77. The third-order valence-corrected chi connectivity index (χ3v) is 8.81. The molecule has 3 aromatic heterocycles. The molecule has 41 heavy (non-hydrogen) atoms. The quantitative estimate of drug-likeness (QED) is 0.356. The van der Waals surface area contributed by atoms with E-state index in [0.717, 1.165) is 33.6 Å². The molecule has 6 rings (SSSR count). The summed E-state index contributed by atoms with van der Waals surface area (Å²) in [5, 5.41) is 12.4. The Labute approximate surface area is 241 Å². The fraction of sp³-hybridized carbons (Fsp3) is 0.414. The molecule has 0 radical (unpaired) electrons. The highest BCUT2D eigenvalue weighted by Gasteiger charge is 2.28. The summed E-state index contributed by atoms with van der Waals surface area (Å²) < 4.78 is 30.7. The molecule has 0 unspecified atom stereocenters. The van der Waals surface area contributed by atoms with Gasteiger partial charge in [0.1, 0.15) is 11.6 Å². The topological polar surface area (TPSA) is 80.5 Å². The molecule has 216 valence electrons. The number of likely N-dealkylation sites (tertiary alicyclic amines) is 1. The molecule has 9 nitrogen and oxygen atoms in total. The van der Waals surface area contributed by atoms with Crippen molar-refractivity contribution >= 4 is 39.5 Å². The first-order chi connectivity index (χ1) is 19.8. The van der Waals surface area contributed by atoms with Gasteiger partial charge in [0.25, 0.3) is 0 Å². The highest BCUT2D eigenvalue weighted by atomic mass is 32.1. The number of rotatable bonds is 7. The first-order valence-electron chi connectivity index (χ1n) is 13.9. The van der Waals surface area contributed by atoms with Gasteiger partial charge in [-0.15, -0.1) is 11.3 Å². The van der Waals surface area contributed by atoms with Crippen LogP contribution >= 0.6 is 11.3 Å². The number of halogens is 2. The van der Waals surface area contributed by atoms with Crippen LogP contribution in [0, 0.1) is 11.6 Å². The van der Waals surface area contributed by atoms with Crippen molar-refractivity contribution in [1.82, 2.24) is 24.2 Å². The number of anilines is 3. The molecule has 2 saturated heterocycles. The van der Waals surface area contributed by atoms with Crippen LogP contribution < -0.4 is 9.80 Å². The van der Waals surface area contributed by atoms with Crippen LogP contribution in [0.15, 0.2) is 41.9 Å². The average Bonchev–Trinajstić information content (AvgIpc) is 3.72. The number of carbonyl (C=O) groups is 1. The number of carbonyl (C=O) groups excluding carboxylic acids is 1. The summed E-state index contributed by atoms with van der Waals surface area (Å²) >= 11 is 1.46. The van der Waals surface area contributed by atoms with Crippen molar-refractivity contribution in [1.29, 1.82) is 0 Å². The highest BCUT2D eigenvalue weighted by molar-refractivity contribution is 7.14. The minimum Gasteiger partial charge on any atom is -0.391 e. The zero-order valence-electron chi connectivity index (χ0n) is 23.1. The Bertz CT molecular complexity index is 1550. The summed E-state index contributed by atoms with van der Waals surface area (Å²) in [5.74, 6) is 0.106. The number of piperazine rings is 1. The Morgan fingerprint density at radius 1 is 1.12 bits per heavy atom. The monoisotopic (exact) mass is 581 g/mol. The van der Waals surface area contributed by atoms with Crippen molar-refractivity contribution in [3.8, 4) is 11.3 Å². The van der Waals surface area contributed by atoms with E-state index >= 15 is 4.39 Å². The SMILES string of the molecule is CCc1nc2c(F)cc(N3CCN(CC(=O)N4CC[C@@H](O)C4)CC3)cn2c1N(C)c1nc(-c2ccc(F)cc2)cs1. The zero-order valence-corrected chi connectivity index (χ0v) is 23.9. The average molecular weight is 582 g/mol. The van der Waals surface area contributed by atoms with Crippen molar-refractivity contribution in [3.63, 3.8) is 0 Å². The number of β-amino-alcohol motifs (C(OH)–C–C–N with tert-alkyl or cyclic N) is 1. The molecule has 5 heterocycles. The van der Waals surface area contributed by atoms with Crippen LogP contribution in [0.4, 0.5) is 25.4 Å². The molecule has 4 aromatic rings. The minimum absolute atomic E-state index is 0.0467. The first-order valence-corrected chi connectivity index (χ1v) is 14.8. The number of aromatic nitrogens is 3. The number of pyridine rings is 1. The number of aryl methyl sites for hydroxylation is 1. The van der Waals surface area contributed by atoms with Gasteiger partial charge in [0.2, 0.25) is 5.91 Å². The number of benzene rings is 1. The lowest BCUT2D eigenvalue weighted by Crippen LogP contribution is -2.50. The molecule has 12 heteroatoms. The van der Waals surface area contributed by atoms with E-state index in [0.29, 0.717) is 58.7 Å². The van der Waals surface area contributed by atoms with Crippen LogP contribution in [0.2, 0.25) is 0 Å². The number of hydrogen-bond donors (Lipinski definition) is 1. The summed E-state index contributed by atoms with van der Waals surface area (Å²) in [6.07, 6.45) is 2.76. The second-order valence-corrected chi connectivity index (χ2v) is 11.4. The highest BCUT2D eigenvalue weighted by Crippen LogP contribution is 2.35. The van der Waals surface area contributed by atoms with Crippen LogP contribution in [0.1, 0.15) is 19.0 Å². The molecule has 2 aliphatic heterocycles. The summed E-state index contributed by atoms with van der Waals surface area (Å²) in [7, 11) is 1.90. The van der Waals surface area contributed by atoms with E-state index in [2.05, 4.69) is 14.8 Å². The number of thiazole rings is 1. The van der Waals surface area contributed by atoms with Crippen LogP contribution in [0.5, 0.6) is 0 Å². The summed E-state index contributed by atoms with van der Waals surface area (Å²) in [5.41, 5.74) is 3.35. The fourth-order valence-corrected chi connectivity index (χ4v) is 6.38. The fourth-order valence-electron chi connectivity index (χ4n) is 5.58. The Hall–Kier alpha value is -3.61. The maximum atomic E-state index is 15.5. The van der Waals surface area contributed by atoms with Gasteiger partial charge in [0.15, 0.2) is 16.6 Å². The van der Waals surface area contributed by atoms with Gasteiger partial charge in [-0.1, -0.05) is 6.92 Å². The molecule has 2 fully saturated rings. The van der Waals surface area contributed by atoms with Gasteiger partial charge in [-0.2, -0.15) is 0 Å². The van der Waals surface area contributed by atoms with Crippen molar-refractivity contribution in [2.75, 3.05) is 62.7 Å². The lowest BCUT2D eigenvalue weighted by atomic mass is 10.2. The van der Waals surface area contributed by atoms with Gasteiger partial charge < -0.3 is 19.8 Å². The van der Waals surface area contributed by atoms with E-state index in [9.17, 15) is 14.3 Å². The van der Waals surface area contributed by atoms with Crippen molar-refractivity contribution < 1.29 is 18.7 Å². The Morgan fingerprint density at radius 3 is 2.56 bits per heavy atom. The van der Waals surface area contributed by atoms with Crippen LogP contribution in [-0.2, 0) is 11.2 Å². The zero-order chi connectivity index (χ0) is 28.7. The van der Waals surface area contributed by atoms with E-state index in [1.165, 1.54) is 29.5 Å². The lowest BCUT2D eigenvalue weighted by Gasteiger charge is -2.36. The van der Waals surface area contributed by atoms with Crippen LogP contribution in [-0.4, -0.2) is 94.1 Å². The third-order valence-electron chi connectivity index (χ3n) is 7.89. The number of nitrogens with zero attached hydrogens (tertiary/aromatic N) is 7. The molecule has 0 spiro atoms. The largest absolute Gasteiger partial charge is 0.391 e. The van der Waals surface area contributed by atoms with Crippen molar-refractivity contribution in [3.05, 3.63) is 59.2 Å². The predicted molar refractivity (Wildman–Crippen MR) is 156 cm³/mol. The lowest BCUT2D eigenvalue weighted by molar-refractivity contribution is -0.131. The number of hydrogen-bond acceptors (Lipinski definition) is 8. The number of aliphatic hydroxyl groups excluding tert-OH is 1. The molecule has 1 atom stereocenters. The molecule has 2 aliphatic rings. The van der Waals surface area contributed by atoms with Gasteiger partial charge in [-0.3, -0.25) is 14.1 Å². The summed E-state index contributed by atoms with van der Waals surface area (Å²) in [6.45, 7) is 6.03. The van der Waals surface area contributed by atoms with Crippen molar-refractivity contribution in [2.45, 2.75) is 25.9 Å². The predicted octanol–water partition coefficient (Wildman–Crippen LogP) is 3.78. The molecular weight excluding hydrogens is 548 g/mol. The van der Waals surface area contributed by atoms with Gasteiger partial charge in [0.05, 0.1) is 29.7 Å². The van der Waals surface area contributed by atoms with Gasteiger partial charge >= 0.3 is 0 Å². The molecule has 1 amide bonds. The number of amides is 1. The molecule has 1 aromatic carbocycles. The van der Waals surface area contributed by atoms with E-state index in [-0.39, 0.29) is 17.4 Å². The first kappa shape index (κ1) is 27.6. The molecule has 0 bridgehead atoms. The van der Waals surface area contributed by atoms with Gasteiger partial charge in [-0.05, 0) is 37.1 Å². The molecular formula is C29H33F2N7O2S. The van der Waals surface area contributed by atoms with Crippen LogP contribution in [0.25, 0.3) is 16.9 Å². The van der Waals surface area contributed by atoms with E-state index < -0.39 is 11.9 Å². The Kier molecular flexibility index (Phi) is 7.62. The maximum absolute atomic E-state index is 15.5. The smallest absolute Gasteiger partial charge is 0.236 e. The molecule has 0 aliphatic carbocycles. The van der Waals surface area contributed by atoms with Gasteiger partial charge in [0, 0.05) is 69.5 Å². The van der Waals surface area contributed by atoms with E-state index in [1.54, 1.807) is 21.4 Å². The van der Waals surface area contributed by atoms with E-state index in [4.69, 9.17) is 4.98 Å². The van der Waals surface area contributed by atoms with Crippen LogP contribution in [0.3, 0.4) is 0 Å². The third kappa shape index (κ3) is 5.51. The second-order valence-electron chi connectivity index (χ2n) is 10.6. The Balaban J connectivity index is 1.22. The van der Waals surface area contributed by atoms with Gasteiger partial charge in [-0.25, -0.2) is 18.7 Å². The number of aliphatic hydroxyl groups is 1. The Morgan fingerprint density at radius 2 is 1.88 bits per heavy atom. The standard InChI is InChI=1S/C29H33F2N7O2S/c1-3-24-28(34(2)29-33-25(18-41-29)19-4-6-20(30)7-5-19)38-15-21(14-23(31)27(38)32-24)36-12-10-35(11-13-36)17-26(40)37-9-8-22(39)16-37/h4-7,14-15,18,22,39H,3,8-13,16-17H2,1-2H3/t22-/m1/s1. The summed E-state index contributed by atoms with van der Waals surface area (Å²) in [4.78, 5) is 29.9. The number of fused-ring (bicyclic) bond motifs is 1. The van der Waals surface area contributed by atoms with E-state index in [1.807, 2.05) is 30.4 Å². The number of imidazole rings is 1. The maximum Gasteiger partial charge on any atom is 0.236 e. The second kappa shape index (κ2) is 11.3.